The number of rotatable bonds is 7. The zero-order valence-corrected chi connectivity index (χ0v) is 10.3. The molecule has 94 valence electrons. The molecule has 1 saturated carbocycles. The van der Waals surface area contributed by atoms with Crippen molar-refractivity contribution in [3.05, 3.63) is 35.1 Å². The molecule has 2 nitrogen and oxygen atoms in total. The third-order valence-corrected chi connectivity index (χ3v) is 2.89. The van der Waals surface area contributed by atoms with E-state index in [2.05, 4.69) is 5.32 Å². The minimum Gasteiger partial charge on any atom is -0.377 e. The van der Waals surface area contributed by atoms with Gasteiger partial charge in [-0.2, -0.15) is 0 Å². The van der Waals surface area contributed by atoms with Crippen LogP contribution in [0.1, 0.15) is 37.3 Å². The second kappa shape index (κ2) is 6.12. The zero-order chi connectivity index (χ0) is 12.1. The van der Waals surface area contributed by atoms with E-state index in [0.717, 1.165) is 18.5 Å². The fourth-order valence-corrected chi connectivity index (χ4v) is 1.72. The maximum Gasteiger partial charge on any atom is 0.128 e. The quantitative estimate of drug-likeness (QED) is 0.736. The Morgan fingerprint density at radius 3 is 2.94 bits per heavy atom. The summed E-state index contributed by atoms with van der Waals surface area (Å²) in [7, 11) is 0. The third-order valence-electron chi connectivity index (χ3n) is 2.89. The molecule has 0 amide bonds. The van der Waals surface area contributed by atoms with E-state index in [1.54, 1.807) is 0 Å². The average Bonchev–Trinajstić information content (AvgIpc) is 3.14. The normalized spacial score (nSPS) is 15.2. The second-order valence-electron chi connectivity index (χ2n) is 4.63. The zero-order valence-electron chi connectivity index (χ0n) is 10.3. The van der Waals surface area contributed by atoms with Crippen molar-refractivity contribution in [2.45, 2.75) is 45.4 Å². The van der Waals surface area contributed by atoms with Gasteiger partial charge in [0.2, 0.25) is 0 Å². The van der Waals surface area contributed by atoms with Crippen molar-refractivity contribution in [3.63, 3.8) is 0 Å². The van der Waals surface area contributed by atoms with Gasteiger partial charge in [-0.25, -0.2) is 4.39 Å². The minimum atomic E-state index is -0.170. The molecule has 2 rings (SSSR count). The smallest absolute Gasteiger partial charge is 0.128 e. The molecule has 0 heterocycles. The fraction of sp³-hybridized carbons (Fsp3) is 0.571. The Labute approximate surface area is 102 Å². The molecule has 0 aromatic heterocycles. The van der Waals surface area contributed by atoms with Crippen LogP contribution in [0.25, 0.3) is 0 Å². The Bertz CT molecular complexity index is 363. The fourth-order valence-electron chi connectivity index (χ4n) is 1.72. The van der Waals surface area contributed by atoms with Crippen molar-refractivity contribution < 1.29 is 9.13 Å². The number of ether oxygens (including phenoxy) is 1. The van der Waals surface area contributed by atoms with E-state index in [0.29, 0.717) is 24.8 Å². The standard InChI is InChI=1S/C14H20FNO/c1-2-7-17-10-12-8-11(3-6-14(12)15)9-16-13-4-5-13/h3,6,8,13,16H,2,4-5,7,9-10H2,1H3. The van der Waals surface area contributed by atoms with Crippen molar-refractivity contribution in [2.75, 3.05) is 6.61 Å². The van der Waals surface area contributed by atoms with Crippen LogP contribution in [0.5, 0.6) is 0 Å². The number of halogens is 1. The summed E-state index contributed by atoms with van der Waals surface area (Å²) in [5.74, 6) is -0.170. The Hall–Kier alpha value is -0.930. The van der Waals surface area contributed by atoms with Crippen molar-refractivity contribution in [2.24, 2.45) is 0 Å². The molecule has 0 saturated heterocycles. The van der Waals surface area contributed by atoms with E-state index >= 15 is 0 Å². The molecule has 1 N–H and O–H groups in total. The lowest BCUT2D eigenvalue weighted by Crippen LogP contribution is -2.15. The van der Waals surface area contributed by atoms with E-state index in [1.165, 1.54) is 18.9 Å². The molecule has 1 aliphatic rings. The Balaban J connectivity index is 1.90. The van der Waals surface area contributed by atoms with Gasteiger partial charge in [-0.15, -0.1) is 0 Å². The van der Waals surface area contributed by atoms with E-state index < -0.39 is 0 Å². The summed E-state index contributed by atoms with van der Waals surface area (Å²) in [5.41, 5.74) is 1.79. The number of benzene rings is 1. The highest BCUT2D eigenvalue weighted by molar-refractivity contribution is 5.24. The van der Waals surface area contributed by atoms with Gasteiger partial charge in [0.15, 0.2) is 0 Å². The van der Waals surface area contributed by atoms with Crippen LogP contribution in [0.2, 0.25) is 0 Å². The number of hydrogen-bond acceptors (Lipinski definition) is 2. The van der Waals surface area contributed by atoms with Gasteiger partial charge in [-0.05, 0) is 37.0 Å². The largest absolute Gasteiger partial charge is 0.377 e. The molecule has 0 radical (unpaired) electrons. The predicted molar refractivity (Wildman–Crippen MR) is 66.2 cm³/mol. The van der Waals surface area contributed by atoms with Crippen LogP contribution in [-0.2, 0) is 17.9 Å². The molecule has 0 unspecified atom stereocenters. The summed E-state index contributed by atoms with van der Waals surface area (Å²) in [4.78, 5) is 0. The Morgan fingerprint density at radius 2 is 2.24 bits per heavy atom. The average molecular weight is 237 g/mol. The molecular formula is C14H20FNO. The van der Waals surface area contributed by atoms with E-state index in [1.807, 2.05) is 19.1 Å². The van der Waals surface area contributed by atoms with Crippen molar-refractivity contribution in [3.8, 4) is 0 Å². The lowest BCUT2D eigenvalue weighted by Gasteiger charge is -2.08. The summed E-state index contributed by atoms with van der Waals surface area (Å²) in [5, 5.41) is 3.42. The van der Waals surface area contributed by atoms with Gasteiger partial charge in [0, 0.05) is 24.8 Å². The molecule has 0 atom stereocenters. The van der Waals surface area contributed by atoms with Crippen molar-refractivity contribution in [1.82, 2.24) is 5.32 Å². The molecule has 1 fully saturated rings. The van der Waals surface area contributed by atoms with Crippen LogP contribution in [0.3, 0.4) is 0 Å². The monoisotopic (exact) mass is 237 g/mol. The first-order valence-corrected chi connectivity index (χ1v) is 6.38. The lowest BCUT2D eigenvalue weighted by atomic mass is 10.1. The van der Waals surface area contributed by atoms with Crippen LogP contribution in [0.4, 0.5) is 4.39 Å². The van der Waals surface area contributed by atoms with Crippen LogP contribution in [0, 0.1) is 5.82 Å². The molecule has 0 bridgehead atoms. The molecule has 0 aliphatic heterocycles. The molecule has 1 aromatic carbocycles. The van der Waals surface area contributed by atoms with Gasteiger partial charge >= 0.3 is 0 Å². The maximum absolute atomic E-state index is 13.5. The summed E-state index contributed by atoms with van der Waals surface area (Å²) >= 11 is 0. The van der Waals surface area contributed by atoms with Crippen molar-refractivity contribution in [1.29, 1.82) is 0 Å². The van der Waals surface area contributed by atoms with Gasteiger partial charge in [0.05, 0.1) is 6.61 Å². The summed E-state index contributed by atoms with van der Waals surface area (Å²) in [6, 6.07) is 5.96. The molecule has 1 aliphatic carbocycles. The number of hydrogen-bond donors (Lipinski definition) is 1. The minimum absolute atomic E-state index is 0.170. The van der Waals surface area contributed by atoms with E-state index in [4.69, 9.17) is 4.74 Å². The molecule has 17 heavy (non-hydrogen) atoms. The highest BCUT2D eigenvalue weighted by Crippen LogP contribution is 2.20. The first-order valence-electron chi connectivity index (χ1n) is 6.38. The van der Waals surface area contributed by atoms with Gasteiger partial charge < -0.3 is 10.1 Å². The van der Waals surface area contributed by atoms with Gasteiger partial charge in [-0.3, -0.25) is 0 Å². The van der Waals surface area contributed by atoms with Crippen LogP contribution in [0.15, 0.2) is 18.2 Å². The van der Waals surface area contributed by atoms with E-state index in [-0.39, 0.29) is 5.82 Å². The topological polar surface area (TPSA) is 21.3 Å². The van der Waals surface area contributed by atoms with Crippen LogP contribution >= 0.6 is 0 Å². The molecule has 3 heteroatoms. The Kier molecular flexibility index (Phi) is 4.51. The van der Waals surface area contributed by atoms with Gasteiger partial charge in [0.25, 0.3) is 0 Å². The first-order chi connectivity index (χ1) is 8.29. The number of nitrogens with one attached hydrogen (secondary N) is 1. The lowest BCUT2D eigenvalue weighted by molar-refractivity contribution is 0.119. The predicted octanol–water partition coefficient (Wildman–Crippen LogP) is 3.00. The second-order valence-corrected chi connectivity index (χ2v) is 4.63. The maximum atomic E-state index is 13.5. The molecular weight excluding hydrogens is 217 g/mol. The summed E-state index contributed by atoms with van der Waals surface area (Å²) < 4.78 is 18.9. The van der Waals surface area contributed by atoms with E-state index in [9.17, 15) is 4.39 Å². The summed E-state index contributed by atoms with van der Waals surface area (Å²) in [6.07, 6.45) is 3.51. The molecule has 0 spiro atoms. The van der Waals surface area contributed by atoms with Gasteiger partial charge in [-0.1, -0.05) is 13.0 Å². The van der Waals surface area contributed by atoms with Crippen LogP contribution in [-0.4, -0.2) is 12.6 Å². The van der Waals surface area contributed by atoms with Gasteiger partial charge in [0.1, 0.15) is 5.82 Å². The first kappa shape index (κ1) is 12.5. The van der Waals surface area contributed by atoms with Crippen LogP contribution < -0.4 is 5.32 Å². The SMILES string of the molecule is CCCOCc1cc(CNC2CC2)ccc1F. The third kappa shape index (κ3) is 4.10. The highest BCUT2D eigenvalue weighted by atomic mass is 19.1. The Morgan fingerprint density at radius 1 is 1.41 bits per heavy atom. The molecule has 1 aromatic rings. The summed E-state index contributed by atoms with van der Waals surface area (Å²) in [6.45, 7) is 3.93. The highest BCUT2D eigenvalue weighted by Gasteiger charge is 2.20. The van der Waals surface area contributed by atoms with Crippen molar-refractivity contribution >= 4 is 0 Å².